The average Bonchev–Trinajstić information content (AvgIpc) is 2.89. The Balaban J connectivity index is 1.40. The maximum atomic E-state index is 14.3. The second-order valence-corrected chi connectivity index (χ2v) is 11.4. The van der Waals surface area contributed by atoms with Crippen molar-refractivity contribution in [2.24, 2.45) is 17.8 Å². The number of rotatable bonds is 11. The Morgan fingerprint density at radius 2 is 1.84 bits per heavy atom. The summed E-state index contributed by atoms with van der Waals surface area (Å²) in [5.41, 5.74) is 1.83. The second-order valence-electron chi connectivity index (χ2n) is 11.4. The SMILES string of the molecule is CCCC(CC(C)=O)CC(C#N)(c1cccc(F)c1)C1CCN(CC2CN(c3ccc(C#N)cc3)C2)CC1. The first kappa shape index (κ1) is 27.8. The van der Waals surface area contributed by atoms with E-state index in [1.807, 2.05) is 30.3 Å². The number of carbonyl (C=O) groups excluding carboxylic acids is 1. The molecule has 6 heteroatoms. The fraction of sp³-hybridized carbons (Fsp3) is 0.531. The van der Waals surface area contributed by atoms with Gasteiger partial charge in [-0.15, -0.1) is 0 Å². The molecule has 2 fully saturated rings. The van der Waals surface area contributed by atoms with Crippen LogP contribution in [0.2, 0.25) is 0 Å². The molecule has 0 aromatic heterocycles. The zero-order valence-electron chi connectivity index (χ0n) is 22.7. The summed E-state index contributed by atoms with van der Waals surface area (Å²) in [4.78, 5) is 16.9. The van der Waals surface area contributed by atoms with E-state index in [1.54, 1.807) is 19.1 Å². The topological polar surface area (TPSA) is 71.1 Å². The summed E-state index contributed by atoms with van der Waals surface area (Å²) in [5.74, 6) is 0.709. The Kier molecular flexibility index (Phi) is 9.18. The number of hydrogen-bond donors (Lipinski definition) is 0. The predicted molar refractivity (Wildman–Crippen MR) is 148 cm³/mol. The predicted octanol–water partition coefficient (Wildman–Crippen LogP) is 6.09. The van der Waals surface area contributed by atoms with E-state index in [2.05, 4.69) is 28.9 Å². The van der Waals surface area contributed by atoms with Crippen molar-refractivity contribution in [1.82, 2.24) is 4.90 Å². The molecule has 2 aromatic carbocycles. The van der Waals surface area contributed by atoms with Gasteiger partial charge < -0.3 is 14.6 Å². The number of halogens is 1. The number of hydrogen-bond acceptors (Lipinski definition) is 5. The van der Waals surface area contributed by atoms with Gasteiger partial charge in [-0.3, -0.25) is 0 Å². The van der Waals surface area contributed by atoms with Crippen molar-refractivity contribution in [2.75, 3.05) is 37.6 Å². The van der Waals surface area contributed by atoms with Gasteiger partial charge in [-0.1, -0.05) is 31.9 Å². The van der Waals surface area contributed by atoms with Crippen molar-refractivity contribution in [2.45, 2.75) is 57.8 Å². The summed E-state index contributed by atoms with van der Waals surface area (Å²) in [5, 5.41) is 19.7. The molecule has 4 rings (SSSR count). The lowest BCUT2D eigenvalue weighted by molar-refractivity contribution is -0.118. The van der Waals surface area contributed by atoms with Crippen LogP contribution in [-0.2, 0) is 10.2 Å². The zero-order valence-corrected chi connectivity index (χ0v) is 22.7. The van der Waals surface area contributed by atoms with Crippen molar-refractivity contribution >= 4 is 11.5 Å². The molecule has 2 aliphatic rings. The first-order chi connectivity index (χ1) is 18.4. The minimum Gasteiger partial charge on any atom is -0.371 e. The van der Waals surface area contributed by atoms with Gasteiger partial charge in [-0.2, -0.15) is 10.5 Å². The summed E-state index contributed by atoms with van der Waals surface area (Å²) in [7, 11) is 0. The van der Waals surface area contributed by atoms with Crippen LogP contribution >= 0.6 is 0 Å². The van der Waals surface area contributed by atoms with Crippen molar-refractivity contribution in [1.29, 1.82) is 10.5 Å². The van der Waals surface area contributed by atoms with Gasteiger partial charge in [-0.05, 0) is 93.1 Å². The standard InChI is InChI=1S/C32H39FN4O/c1-3-5-26(16-24(2)38)18-32(23-35,29-6-4-7-30(33)17-29)28-12-14-36(15-13-28)20-27-21-37(22-27)31-10-8-25(19-34)9-11-31/h4,6-11,17,26-28H,3,5,12-16,18,20-22H2,1-2H3. The molecule has 38 heavy (non-hydrogen) atoms. The number of piperidine rings is 1. The van der Waals surface area contributed by atoms with E-state index in [-0.39, 0.29) is 23.4 Å². The fourth-order valence-corrected chi connectivity index (χ4v) is 6.65. The van der Waals surface area contributed by atoms with Crippen LogP contribution < -0.4 is 4.90 Å². The van der Waals surface area contributed by atoms with E-state index in [9.17, 15) is 14.4 Å². The number of likely N-dealkylation sites (tertiary alicyclic amines) is 1. The number of Topliss-reactive ketones (excluding diaryl/α,β-unsaturated/α-hetero) is 1. The normalized spacial score (nSPS) is 19.1. The van der Waals surface area contributed by atoms with Crippen LogP contribution in [0.1, 0.15) is 63.5 Å². The summed E-state index contributed by atoms with van der Waals surface area (Å²) >= 11 is 0. The highest BCUT2D eigenvalue weighted by Gasteiger charge is 2.44. The van der Waals surface area contributed by atoms with Crippen molar-refractivity contribution < 1.29 is 9.18 Å². The summed E-state index contributed by atoms with van der Waals surface area (Å²) in [6.45, 7) is 8.68. The number of benzene rings is 2. The Bertz CT molecular complexity index is 1170. The van der Waals surface area contributed by atoms with E-state index in [4.69, 9.17) is 5.26 Å². The molecule has 2 heterocycles. The van der Waals surface area contributed by atoms with E-state index in [1.165, 1.54) is 11.8 Å². The van der Waals surface area contributed by atoms with Gasteiger partial charge in [0.2, 0.25) is 0 Å². The molecule has 0 amide bonds. The highest BCUT2D eigenvalue weighted by atomic mass is 19.1. The van der Waals surface area contributed by atoms with E-state index >= 15 is 0 Å². The summed E-state index contributed by atoms with van der Waals surface area (Å²) < 4.78 is 14.3. The van der Waals surface area contributed by atoms with Crippen molar-refractivity contribution in [3.63, 3.8) is 0 Å². The first-order valence-electron chi connectivity index (χ1n) is 14.0. The van der Waals surface area contributed by atoms with Crippen LogP contribution in [-0.4, -0.2) is 43.4 Å². The molecular formula is C32H39FN4O. The molecular weight excluding hydrogens is 475 g/mol. The van der Waals surface area contributed by atoms with Gasteiger partial charge in [0.1, 0.15) is 11.6 Å². The smallest absolute Gasteiger partial charge is 0.130 e. The molecule has 0 saturated carbocycles. The molecule has 0 aliphatic carbocycles. The Hall–Kier alpha value is -3.22. The van der Waals surface area contributed by atoms with Crippen LogP contribution in [0.4, 0.5) is 10.1 Å². The first-order valence-corrected chi connectivity index (χ1v) is 14.0. The molecule has 5 nitrogen and oxygen atoms in total. The Morgan fingerprint density at radius 3 is 2.42 bits per heavy atom. The third-order valence-corrected chi connectivity index (χ3v) is 8.54. The quantitative estimate of drug-likeness (QED) is 0.363. The van der Waals surface area contributed by atoms with Crippen LogP contribution in [0.3, 0.4) is 0 Å². The molecule has 200 valence electrons. The van der Waals surface area contributed by atoms with Crippen molar-refractivity contribution in [3.8, 4) is 12.1 Å². The lowest BCUT2D eigenvalue weighted by Gasteiger charge is -2.46. The number of nitrogens with zero attached hydrogens (tertiary/aromatic N) is 4. The number of nitriles is 2. The molecule has 0 radical (unpaired) electrons. The molecule has 2 saturated heterocycles. The minimum absolute atomic E-state index is 0.127. The van der Waals surface area contributed by atoms with Gasteiger partial charge in [0, 0.05) is 37.7 Å². The van der Waals surface area contributed by atoms with Gasteiger partial charge >= 0.3 is 0 Å². The molecule has 2 aromatic rings. The average molecular weight is 515 g/mol. The van der Waals surface area contributed by atoms with Crippen LogP contribution in [0.15, 0.2) is 48.5 Å². The van der Waals surface area contributed by atoms with Gasteiger partial charge in [0.15, 0.2) is 0 Å². The number of ketones is 1. The van der Waals surface area contributed by atoms with E-state index < -0.39 is 5.41 Å². The van der Waals surface area contributed by atoms with Crippen LogP contribution in [0.5, 0.6) is 0 Å². The molecule has 0 bridgehead atoms. The third-order valence-electron chi connectivity index (χ3n) is 8.54. The van der Waals surface area contributed by atoms with E-state index in [0.717, 1.165) is 64.0 Å². The Labute approximate surface area is 226 Å². The van der Waals surface area contributed by atoms with Crippen LogP contribution in [0.25, 0.3) is 0 Å². The van der Waals surface area contributed by atoms with Gasteiger partial charge in [0.05, 0.1) is 23.1 Å². The zero-order chi connectivity index (χ0) is 27.1. The largest absolute Gasteiger partial charge is 0.371 e. The second kappa shape index (κ2) is 12.5. The molecule has 0 N–H and O–H groups in total. The third kappa shape index (κ3) is 6.43. The number of anilines is 1. The molecule has 2 atom stereocenters. The van der Waals surface area contributed by atoms with Gasteiger partial charge in [-0.25, -0.2) is 4.39 Å². The summed E-state index contributed by atoms with van der Waals surface area (Å²) in [6, 6.07) is 19.2. The lowest BCUT2D eigenvalue weighted by Crippen LogP contribution is -2.53. The molecule has 0 spiro atoms. The van der Waals surface area contributed by atoms with Crippen molar-refractivity contribution in [3.05, 3.63) is 65.5 Å². The fourth-order valence-electron chi connectivity index (χ4n) is 6.65. The Morgan fingerprint density at radius 1 is 1.13 bits per heavy atom. The maximum Gasteiger partial charge on any atom is 0.130 e. The van der Waals surface area contributed by atoms with Crippen LogP contribution in [0, 0.1) is 46.2 Å². The maximum absolute atomic E-state index is 14.3. The highest BCUT2D eigenvalue weighted by molar-refractivity contribution is 5.75. The van der Waals surface area contributed by atoms with Gasteiger partial charge in [0.25, 0.3) is 0 Å². The highest BCUT2D eigenvalue weighted by Crippen LogP contribution is 2.45. The summed E-state index contributed by atoms with van der Waals surface area (Å²) in [6.07, 6.45) is 4.73. The number of carbonyl (C=O) groups is 1. The van der Waals surface area contributed by atoms with E-state index in [0.29, 0.717) is 24.3 Å². The molecule has 2 unspecified atom stereocenters. The minimum atomic E-state index is -0.785. The molecule has 2 aliphatic heterocycles. The lowest BCUT2D eigenvalue weighted by atomic mass is 9.62. The monoisotopic (exact) mass is 514 g/mol.